The van der Waals surface area contributed by atoms with Crippen molar-refractivity contribution in [2.24, 2.45) is 0 Å². The van der Waals surface area contributed by atoms with Gasteiger partial charge >= 0.3 is 0 Å². The van der Waals surface area contributed by atoms with Gasteiger partial charge in [0.25, 0.3) is 0 Å². The van der Waals surface area contributed by atoms with E-state index in [1.807, 2.05) is 0 Å². The van der Waals surface area contributed by atoms with Crippen molar-refractivity contribution in [2.45, 2.75) is 50.5 Å². The van der Waals surface area contributed by atoms with Crippen molar-refractivity contribution < 1.29 is 9.90 Å². The van der Waals surface area contributed by atoms with Crippen LogP contribution in [-0.4, -0.2) is 16.5 Å². The van der Waals surface area contributed by atoms with Crippen molar-refractivity contribution in [3.8, 4) is 0 Å². The van der Waals surface area contributed by atoms with E-state index in [9.17, 15) is 9.90 Å². The maximum absolute atomic E-state index is 12.3. The fourth-order valence-electron chi connectivity index (χ4n) is 2.59. The maximum atomic E-state index is 12.3. The van der Waals surface area contributed by atoms with E-state index in [2.05, 4.69) is 0 Å². The van der Waals surface area contributed by atoms with Crippen molar-refractivity contribution in [2.75, 3.05) is 0 Å². The number of hydrogen-bond acceptors (Lipinski definition) is 2. The summed E-state index contributed by atoms with van der Waals surface area (Å²) in [4.78, 5) is 12.3. The molecule has 0 atom stereocenters. The molecule has 104 valence electrons. The van der Waals surface area contributed by atoms with Crippen LogP contribution in [0.25, 0.3) is 0 Å². The fourth-order valence-corrected chi connectivity index (χ4v) is 3.07. The second-order valence-electron chi connectivity index (χ2n) is 5.28. The zero-order chi connectivity index (χ0) is 13.9. The van der Waals surface area contributed by atoms with Gasteiger partial charge in [-0.25, -0.2) is 0 Å². The highest BCUT2D eigenvalue weighted by Crippen LogP contribution is 2.30. The van der Waals surface area contributed by atoms with Crippen molar-refractivity contribution in [3.05, 3.63) is 33.8 Å². The number of Topliss-reactive ketones (excluding diaryl/α,β-unsaturated/α-hetero) is 1. The Balaban J connectivity index is 2.11. The Hall–Kier alpha value is -0.570. The summed E-state index contributed by atoms with van der Waals surface area (Å²) in [6.45, 7) is 0. The molecule has 0 unspecified atom stereocenters. The lowest BCUT2D eigenvalue weighted by molar-refractivity contribution is -0.138. The first kappa shape index (κ1) is 14.8. The van der Waals surface area contributed by atoms with Crippen molar-refractivity contribution in [1.29, 1.82) is 0 Å². The lowest BCUT2D eigenvalue weighted by Crippen LogP contribution is -2.39. The van der Waals surface area contributed by atoms with Crippen LogP contribution in [0.2, 0.25) is 10.0 Å². The van der Waals surface area contributed by atoms with Gasteiger partial charge in [-0.2, -0.15) is 0 Å². The molecule has 4 heteroatoms. The minimum absolute atomic E-state index is 0.126. The lowest BCUT2D eigenvalue weighted by Gasteiger charge is -2.25. The minimum atomic E-state index is -1.17. The number of ketones is 1. The zero-order valence-electron chi connectivity index (χ0n) is 10.8. The average molecular weight is 301 g/mol. The third-order valence-corrected chi connectivity index (χ3v) is 4.40. The second kappa shape index (κ2) is 6.25. The highest BCUT2D eigenvalue weighted by Gasteiger charge is 2.35. The van der Waals surface area contributed by atoms with Crippen LogP contribution in [0.3, 0.4) is 0 Å². The molecule has 0 radical (unpaired) electrons. The van der Waals surface area contributed by atoms with Gasteiger partial charge in [0.2, 0.25) is 0 Å². The van der Waals surface area contributed by atoms with Gasteiger partial charge < -0.3 is 5.11 Å². The quantitative estimate of drug-likeness (QED) is 0.850. The Kier molecular flexibility index (Phi) is 4.88. The molecule has 0 aliphatic heterocycles. The van der Waals surface area contributed by atoms with Gasteiger partial charge in [-0.3, -0.25) is 4.79 Å². The van der Waals surface area contributed by atoms with Crippen LogP contribution in [0.15, 0.2) is 18.2 Å². The molecule has 0 heterocycles. The Morgan fingerprint density at radius 2 is 1.79 bits per heavy atom. The van der Waals surface area contributed by atoms with E-state index in [4.69, 9.17) is 23.2 Å². The Bertz CT molecular complexity index is 463. The van der Waals surface area contributed by atoms with Crippen LogP contribution in [0.4, 0.5) is 0 Å². The Morgan fingerprint density at radius 1 is 1.16 bits per heavy atom. The van der Waals surface area contributed by atoms with E-state index in [1.54, 1.807) is 18.2 Å². The Labute approximate surface area is 123 Å². The molecule has 2 nitrogen and oxygen atoms in total. The summed E-state index contributed by atoms with van der Waals surface area (Å²) in [5.74, 6) is -0.126. The van der Waals surface area contributed by atoms with E-state index >= 15 is 0 Å². The van der Waals surface area contributed by atoms with Gasteiger partial charge in [-0.1, -0.05) is 55.0 Å². The number of aliphatic hydroxyl groups is 1. The van der Waals surface area contributed by atoms with Crippen LogP contribution in [0.5, 0.6) is 0 Å². The smallest absolute Gasteiger partial charge is 0.168 e. The molecule has 0 amide bonds. The SMILES string of the molecule is O=C(Cc1ccc(Cl)cc1Cl)C1(O)CCCCCC1. The third kappa shape index (κ3) is 3.71. The predicted octanol–water partition coefficient (Wildman–Crippen LogP) is 4.19. The summed E-state index contributed by atoms with van der Waals surface area (Å²) >= 11 is 11.9. The summed E-state index contributed by atoms with van der Waals surface area (Å²) in [6.07, 6.45) is 5.32. The number of hydrogen-bond donors (Lipinski definition) is 1. The van der Waals surface area contributed by atoms with E-state index < -0.39 is 5.60 Å². The summed E-state index contributed by atoms with van der Waals surface area (Å²) in [5, 5.41) is 11.5. The van der Waals surface area contributed by atoms with Crippen molar-refractivity contribution in [1.82, 2.24) is 0 Å². The molecule has 1 aromatic rings. The third-order valence-electron chi connectivity index (χ3n) is 3.82. The van der Waals surface area contributed by atoms with Crippen LogP contribution in [-0.2, 0) is 11.2 Å². The highest BCUT2D eigenvalue weighted by atomic mass is 35.5. The first-order chi connectivity index (χ1) is 9.01. The number of carbonyl (C=O) groups is 1. The molecular weight excluding hydrogens is 283 g/mol. The van der Waals surface area contributed by atoms with E-state index in [-0.39, 0.29) is 12.2 Å². The van der Waals surface area contributed by atoms with Crippen LogP contribution in [0, 0.1) is 0 Å². The van der Waals surface area contributed by atoms with E-state index in [0.717, 1.165) is 31.2 Å². The van der Waals surface area contributed by atoms with Gasteiger partial charge in [0.05, 0.1) is 0 Å². The van der Waals surface area contributed by atoms with Gasteiger partial charge in [-0.15, -0.1) is 0 Å². The Morgan fingerprint density at radius 3 is 2.37 bits per heavy atom. The first-order valence-electron chi connectivity index (χ1n) is 6.71. The standard InChI is InChI=1S/C15H18Cl2O2/c16-12-6-5-11(13(17)10-12)9-14(18)15(19)7-3-1-2-4-8-15/h5-6,10,19H,1-4,7-9H2. The summed E-state index contributed by atoms with van der Waals surface area (Å²) < 4.78 is 0. The molecule has 0 aromatic heterocycles. The van der Waals surface area contributed by atoms with Crippen molar-refractivity contribution in [3.63, 3.8) is 0 Å². The van der Waals surface area contributed by atoms with Gasteiger partial charge in [-0.05, 0) is 30.5 Å². The normalized spacial score (nSPS) is 18.9. The average Bonchev–Trinajstić information content (AvgIpc) is 2.58. The highest BCUT2D eigenvalue weighted by molar-refractivity contribution is 6.35. The molecule has 0 bridgehead atoms. The number of halogens is 2. The van der Waals surface area contributed by atoms with Gasteiger partial charge in [0, 0.05) is 16.5 Å². The topological polar surface area (TPSA) is 37.3 Å². The largest absolute Gasteiger partial charge is 0.382 e. The van der Waals surface area contributed by atoms with Crippen LogP contribution < -0.4 is 0 Å². The molecule has 1 fully saturated rings. The maximum Gasteiger partial charge on any atom is 0.168 e. The van der Waals surface area contributed by atoms with Gasteiger partial charge in [0.15, 0.2) is 5.78 Å². The second-order valence-corrected chi connectivity index (χ2v) is 6.13. The minimum Gasteiger partial charge on any atom is -0.382 e. The monoisotopic (exact) mass is 300 g/mol. The first-order valence-corrected chi connectivity index (χ1v) is 7.46. The fraction of sp³-hybridized carbons (Fsp3) is 0.533. The molecule has 1 aliphatic carbocycles. The van der Waals surface area contributed by atoms with Gasteiger partial charge in [0.1, 0.15) is 5.60 Å². The summed E-state index contributed by atoms with van der Waals surface area (Å²) in [7, 11) is 0. The molecule has 19 heavy (non-hydrogen) atoms. The van der Waals surface area contributed by atoms with E-state index in [1.165, 1.54) is 0 Å². The van der Waals surface area contributed by atoms with Crippen LogP contribution >= 0.6 is 23.2 Å². The molecular formula is C15H18Cl2O2. The molecule has 0 spiro atoms. The molecule has 1 N–H and O–H groups in total. The molecule has 2 rings (SSSR count). The number of carbonyl (C=O) groups excluding carboxylic acids is 1. The van der Waals surface area contributed by atoms with Crippen molar-refractivity contribution >= 4 is 29.0 Å². The predicted molar refractivity (Wildman–Crippen MR) is 77.8 cm³/mol. The lowest BCUT2D eigenvalue weighted by atomic mass is 9.86. The molecule has 1 aromatic carbocycles. The zero-order valence-corrected chi connectivity index (χ0v) is 12.3. The van der Waals surface area contributed by atoms with Crippen LogP contribution in [0.1, 0.15) is 44.1 Å². The van der Waals surface area contributed by atoms with E-state index in [0.29, 0.717) is 22.9 Å². The summed E-state index contributed by atoms with van der Waals surface area (Å²) in [6, 6.07) is 5.10. The molecule has 0 saturated heterocycles. The number of rotatable bonds is 3. The summed E-state index contributed by atoms with van der Waals surface area (Å²) in [5.41, 5.74) is -0.437. The molecule has 1 saturated carbocycles. The number of benzene rings is 1. The molecule has 1 aliphatic rings.